The van der Waals surface area contributed by atoms with E-state index in [9.17, 15) is 24.3 Å². The first-order valence-corrected chi connectivity index (χ1v) is 13.9. The Bertz CT molecular complexity index is 902. The summed E-state index contributed by atoms with van der Waals surface area (Å²) in [7, 11) is 0. The van der Waals surface area contributed by atoms with Gasteiger partial charge in [-0.25, -0.2) is 9.59 Å². The van der Waals surface area contributed by atoms with Crippen LogP contribution in [0, 0.1) is 23.7 Å². The number of ether oxygens (including phenoxy) is 5. The van der Waals surface area contributed by atoms with Crippen LogP contribution < -0.4 is 0 Å². The molecule has 0 amide bonds. The number of aliphatic hydroxyl groups is 1. The van der Waals surface area contributed by atoms with Gasteiger partial charge in [-0.1, -0.05) is 23.2 Å². The molecule has 0 aromatic carbocycles. The van der Waals surface area contributed by atoms with Gasteiger partial charge < -0.3 is 28.8 Å². The average Bonchev–Trinajstić information content (AvgIpc) is 3.03. The van der Waals surface area contributed by atoms with Gasteiger partial charge in [-0.05, 0) is 56.8 Å². The standard InChI is InChI=1S/C12H15ClO5.C10H14O3.C2H2Cl2O2/c13-6-16-11(15)18-12-3-7-1-8(4-12)10(14)17-9(2-7)5-12;11-9-7-1-6-2-8(13-9)5-10(12,3-6)4-7;3-1-6-2(4)5/h7-9H,1-6H2;6-8,12H,1-5H2;1H2. The second-order valence-electron chi connectivity index (χ2n) is 10.9. The van der Waals surface area contributed by atoms with Crippen LogP contribution in [-0.4, -0.2) is 64.2 Å². The van der Waals surface area contributed by atoms with E-state index in [4.69, 9.17) is 37.4 Å². The first-order chi connectivity index (χ1) is 17.5. The molecule has 1 N–H and O–H groups in total. The molecule has 0 aromatic heterocycles. The Morgan fingerprint density at radius 2 is 1.38 bits per heavy atom. The van der Waals surface area contributed by atoms with Crippen LogP contribution in [0.3, 0.4) is 0 Å². The molecule has 208 valence electrons. The van der Waals surface area contributed by atoms with E-state index in [1.54, 1.807) is 0 Å². The number of alkyl halides is 2. The zero-order valence-electron chi connectivity index (χ0n) is 20.2. The monoisotopic (exact) mass is 584 g/mol. The molecular weight excluding hydrogens is 555 g/mol. The van der Waals surface area contributed by atoms with E-state index in [-0.39, 0.29) is 48.1 Å². The molecule has 10 nitrogen and oxygen atoms in total. The number of carbonyl (C=O) groups is 4. The molecule has 8 bridgehead atoms. The second-order valence-corrected chi connectivity index (χ2v) is 11.7. The number of hydrogen-bond acceptors (Lipinski definition) is 10. The molecule has 4 saturated carbocycles. The first kappa shape index (κ1) is 28.5. The molecule has 8 aliphatic rings. The average molecular weight is 586 g/mol. The molecule has 8 rings (SSSR count). The summed E-state index contributed by atoms with van der Waals surface area (Å²) < 4.78 is 24.7. The number of rotatable bonds is 3. The lowest BCUT2D eigenvalue weighted by atomic mass is 9.65. The molecule has 4 aliphatic heterocycles. The van der Waals surface area contributed by atoms with Gasteiger partial charge in [-0.15, -0.1) is 0 Å². The molecule has 13 heteroatoms. The fraction of sp³-hybridized carbons (Fsp3) is 0.833. The van der Waals surface area contributed by atoms with Crippen molar-refractivity contribution in [3.63, 3.8) is 0 Å². The van der Waals surface area contributed by atoms with Crippen molar-refractivity contribution in [3.05, 3.63) is 0 Å². The minimum Gasteiger partial charge on any atom is -0.462 e. The highest BCUT2D eigenvalue weighted by Crippen LogP contribution is 2.51. The SMILES string of the molecule is O=C(Cl)OCCl.O=C(OCCl)OC12CC3CC(C1)OC(=O)C(C3)C2.O=C1OC2CC3CC1CC(O)(C3)C2. The zero-order valence-corrected chi connectivity index (χ0v) is 22.5. The lowest BCUT2D eigenvalue weighted by molar-refractivity contribution is -0.152. The molecular formula is C24H31Cl3O10. The summed E-state index contributed by atoms with van der Waals surface area (Å²) in [4.78, 5) is 44.2. The van der Waals surface area contributed by atoms with Crippen molar-refractivity contribution in [1.82, 2.24) is 0 Å². The van der Waals surface area contributed by atoms with Crippen LogP contribution >= 0.6 is 34.8 Å². The number of fused-ring (bicyclic) bond motifs is 2. The Morgan fingerprint density at radius 1 is 0.811 bits per heavy atom. The molecule has 8 fully saturated rings. The third kappa shape index (κ3) is 7.13. The van der Waals surface area contributed by atoms with Crippen LogP contribution in [0.2, 0.25) is 0 Å². The van der Waals surface area contributed by atoms with E-state index in [0.717, 1.165) is 38.5 Å². The maximum absolute atomic E-state index is 11.8. The van der Waals surface area contributed by atoms with Gasteiger partial charge in [0, 0.05) is 30.9 Å². The number of halogens is 3. The Labute approximate surface area is 229 Å². The Balaban J connectivity index is 0.000000147. The van der Waals surface area contributed by atoms with Gasteiger partial charge in [-0.2, -0.15) is 0 Å². The van der Waals surface area contributed by atoms with Gasteiger partial charge in [0.1, 0.15) is 17.8 Å². The molecule has 0 aromatic rings. The maximum atomic E-state index is 11.8. The van der Waals surface area contributed by atoms with E-state index in [2.05, 4.69) is 21.1 Å². The summed E-state index contributed by atoms with van der Waals surface area (Å²) in [5, 5.41) is 10.2. The molecule has 8 atom stereocenters. The Kier molecular flexibility index (Phi) is 9.03. The first-order valence-electron chi connectivity index (χ1n) is 12.5. The summed E-state index contributed by atoms with van der Waals surface area (Å²) in [5.41, 5.74) is -2.04. The maximum Gasteiger partial charge on any atom is 0.510 e. The Hall–Kier alpha value is -1.49. The molecule has 4 aliphatic carbocycles. The van der Waals surface area contributed by atoms with Crippen molar-refractivity contribution in [3.8, 4) is 0 Å². The zero-order chi connectivity index (χ0) is 26.8. The summed E-state index contributed by atoms with van der Waals surface area (Å²) in [6.45, 7) is 0. The van der Waals surface area contributed by atoms with Crippen molar-refractivity contribution in [2.24, 2.45) is 23.7 Å². The second kappa shape index (κ2) is 11.7. The molecule has 4 saturated heterocycles. The number of esters is 2. The van der Waals surface area contributed by atoms with E-state index < -0.39 is 22.8 Å². The van der Waals surface area contributed by atoms with Crippen LogP contribution in [0.1, 0.15) is 64.2 Å². The lowest BCUT2D eigenvalue weighted by Gasteiger charge is -2.44. The lowest BCUT2D eigenvalue weighted by Crippen LogP contribution is -2.48. The fourth-order valence-corrected chi connectivity index (χ4v) is 7.49. The van der Waals surface area contributed by atoms with Crippen molar-refractivity contribution in [2.75, 3.05) is 12.1 Å². The molecule has 8 unspecified atom stereocenters. The predicted octanol–water partition coefficient (Wildman–Crippen LogP) is 4.62. The van der Waals surface area contributed by atoms with Crippen LogP contribution in [0.15, 0.2) is 0 Å². The number of hydrogen-bond donors (Lipinski definition) is 1. The van der Waals surface area contributed by atoms with Crippen LogP contribution in [0.25, 0.3) is 0 Å². The van der Waals surface area contributed by atoms with Gasteiger partial charge in [0.05, 0.1) is 17.4 Å². The van der Waals surface area contributed by atoms with E-state index in [1.165, 1.54) is 0 Å². The number of carbonyl (C=O) groups excluding carboxylic acids is 4. The predicted molar refractivity (Wildman–Crippen MR) is 129 cm³/mol. The van der Waals surface area contributed by atoms with Crippen LogP contribution in [-0.2, 0) is 33.3 Å². The third-order valence-electron chi connectivity index (χ3n) is 8.08. The van der Waals surface area contributed by atoms with Crippen LogP contribution in [0.5, 0.6) is 0 Å². The van der Waals surface area contributed by atoms with Crippen molar-refractivity contribution < 1.29 is 48.0 Å². The summed E-state index contributed by atoms with van der Waals surface area (Å²) >= 11 is 14.8. The quantitative estimate of drug-likeness (QED) is 0.216. The fourth-order valence-electron chi connectivity index (χ4n) is 7.20. The van der Waals surface area contributed by atoms with Gasteiger partial charge in [0.15, 0.2) is 12.1 Å². The molecule has 0 spiro atoms. The summed E-state index contributed by atoms with van der Waals surface area (Å²) in [5.74, 6) is 0.560. The summed E-state index contributed by atoms with van der Waals surface area (Å²) in [6.07, 6.45) is 6.93. The Morgan fingerprint density at radius 3 is 1.92 bits per heavy atom. The van der Waals surface area contributed by atoms with Gasteiger partial charge in [0.2, 0.25) is 0 Å². The van der Waals surface area contributed by atoms with E-state index >= 15 is 0 Å². The molecule has 4 heterocycles. The van der Waals surface area contributed by atoms with E-state index in [1.807, 2.05) is 0 Å². The topological polar surface area (TPSA) is 135 Å². The highest BCUT2D eigenvalue weighted by atomic mass is 35.5. The smallest absolute Gasteiger partial charge is 0.462 e. The highest BCUT2D eigenvalue weighted by molar-refractivity contribution is 6.61. The van der Waals surface area contributed by atoms with Crippen LogP contribution in [0.4, 0.5) is 9.59 Å². The summed E-state index contributed by atoms with van der Waals surface area (Å²) in [6, 6.07) is -0.400. The van der Waals surface area contributed by atoms with Crippen molar-refractivity contribution >= 4 is 58.3 Å². The van der Waals surface area contributed by atoms with Crippen molar-refractivity contribution in [2.45, 2.75) is 87.6 Å². The molecule has 0 radical (unpaired) electrons. The minimum atomic E-state index is -0.870. The molecule has 37 heavy (non-hydrogen) atoms. The van der Waals surface area contributed by atoms with Gasteiger partial charge in [-0.3, -0.25) is 9.59 Å². The third-order valence-corrected chi connectivity index (χ3v) is 8.41. The van der Waals surface area contributed by atoms with Crippen molar-refractivity contribution in [1.29, 1.82) is 0 Å². The normalized spacial score (nSPS) is 40.0. The highest BCUT2D eigenvalue weighted by Gasteiger charge is 2.55. The van der Waals surface area contributed by atoms with E-state index in [0.29, 0.717) is 37.5 Å². The minimum absolute atomic E-state index is 0.00347. The largest absolute Gasteiger partial charge is 0.510 e. The van der Waals surface area contributed by atoms with Gasteiger partial charge >= 0.3 is 23.5 Å². The van der Waals surface area contributed by atoms with Gasteiger partial charge in [0.25, 0.3) is 0 Å².